The van der Waals surface area contributed by atoms with Crippen LogP contribution in [0, 0.1) is 25.2 Å². The number of carbonyl (C=O) groups is 1. The average molecular weight is 475 g/mol. The SMILES string of the molecule is Cc1noc(C)c1COc1ccc(C(=O)C(C#N)c2nc3sc4c(c3c(=O)[nH]2)CCCC4)cc1. The summed E-state index contributed by atoms with van der Waals surface area (Å²) < 4.78 is 10.9. The van der Waals surface area contributed by atoms with Crippen LogP contribution in [0.25, 0.3) is 10.2 Å². The van der Waals surface area contributed by atoms with E-state index in [1.54, 1.807) is 24.3 Å². The van der Waals surface area contributed by atoms with E-state index in [9.17, 15) is 14.9 Å². The first kappa shape index (κ1) is 22.0. The number of thiophene rings is 1. The van der Waals surface area contributed by atoms with Gasteiger partial charge in [0.05, 0.1) is 22.7 Å². The third kappa shape index (κ3) is 3.90. The van der Waals surface area contributed by atoms with Crippen molar-refractivity contribution in [1.29, 1.82) is 5.26 Å². The lowest BCUT2D eigenvalue weighted by atomic mass is 9.96. The van der Waals surface area contributed by atoms with Crippen LogP contribution < -0.4 is 10.3 Å². The molecule has 4 aromatic rings. The number of aromatic amines is 1. The summed E-state index contributed by atoms with van der Waals surface area (Å²) in [7, 11) is 0. The van der Waals surface area contributed by atoms with E-state index in [4.69, 9.17) is 9.26 Å². The monoisotopic (exact) mass is 474 g/mol. The van der Waals surface area contributed by atoms with Gasteiger partial charge in [-0.2, -0.15) is 5.26 Å². The molecule has 3 heterocycles. The lowest BCUT2D eigenvalue weighted by molar-refractivity contribution is 0.0976. The standard InChI is InChI=1S/C25H22N4O4S/c1-13-19(14(2)33-29-13)12-32-16-9-7-15(8-10-16)22(30)18(11-26)23-27-24(31)21-17-5-3-4-6-20(17)34-25(21)28-23/h7-10,18H,3-6,12H2,1-2H3,(H,27,28,31). The second-order valence-electron chi connectivity index (χ2n) is 8.38. The summed E-state index contributed by atoms with van der Waals surface area (Å²) in [5.41, 5.74) is 2.77. The quantitative estimate of drug-likeness (QED) is 0.407. The summed E-state index contributed by atoms with van der Waals surface area (Å²) in [6, 6.07) is 8.58. The Morgan fingerprint density at radius 2 is 2.03 bits per heavy atom. The molecule has 172 valence electrons. The minimum atomic E-state index is -1.20. The van der Waals surface area contributed by atoms with E-state index in [1.807, 2.05) is 19.9 Å². The lowest BCUT2D eigenvalue weighted by Crippen LogP contribution is -2.20. The van der Waals surface area contributed by atoms with Gasteiger partial charge in [-0.05, 0) is 69.4 Å². The van der Waals surface area contributed by atoms with Crippen molar-refractivity contribution in [1.82, 2.24) is 15.1 Å². The lowest BCUT2D eigenvalue weighted by Gasteiger charge is -2.10. The fourth-order valence-corrected chi connectivity index (χ4v) is 5.58. The van der Waals surface area contributed by atoms with Gasteiger partial charge in [-0.3, -0.25) is 9.59 Å². The predicted octanol–water partition coefficient (Wildman–Crippen LogP) is 4.54. The van der Waals surface area contributed by atoms with Crippen molar-refractivity contribution >= 4 is 27.3 Å². The molecule has 1 unspecified atom stereocenters. The smallest absolute Gasteiger partial charge is 0.259 e. The molecule has 9 heteroatoms. The molecule has 34 heavy (non-hydrogen) atoms. The Morgan fingerprint density at radius 3 is 2.74 bits per heavy atom. The maximum Gasteiger partial charge on any atom is 0.259 e. The molecule has 8 nitrogen and oxygen atoms in total. The average Bonchev–Trinajstić information content (AvgIpc) is 3.37. The molecule has 0 amide bonds. The first-order valence-electron chi connectivity index (χ1n) is 11.1. The van der Waals surface area contributed by atoms with Crippen molar-refractivity contribution in [3.63, 3.8) is 0 Å². The second-order valence-corrected chi connectivity index (χ2v) is 9.47. The van der Waals surface area contributed by atoms with E-state index in [1.165, 1.54) is 16.2 Å². The summed E-state index contributed by atoms with van der Waals surface area (Å²) >= 11 is 1.49. The van der Waals surface area contributed by atoms with Crippen molar-refractivity contribution in [3.8, 4) is 11.8 Å². The second kappa shape index (κ2) is 8.88. The van der Waals surface area contributed by atoms with Crippen molar-refractivity contribution in [2.24, 2.45) is 0 Å². The van der Waals surface area contributed by atoms with Gasteiger partial charge in [0.1, 0.15) is 28.8 Å². The number of fused-ring (bicyclic) bond motifs is 3. The van der Waals surface area contributed by atoms with Crippen LogP contribution in [0.1, 0.15) is 62.4 Å². The Kier molecular flexibility index (Phi) is 5.75. The highest BCUT2D eigenvalue weighted by Gasteiger charge is 2.27. The molecule has 0 fully saturated rings. The van der Waals surface area contributed by atoms with E-state index in [-0.39, 0.29) is 11.4 Å². The largest absolute Gasteiger partial charge is 0.489 e. The summed E-state index contributed by atoms with van der Waals surface area (Å²) in [5.74, 6) is -0.274. The molecule has 1 aromatic carbocycles. The molecule has 1 N–H and O–H groups in total. The van der Waals surface area contributed by atoms with Gasteiger partial charge < -0.3 is 14.2 Å². The van der Waals surface area contributed by atoms with Crippen molar-refractivity contribution in [3.05, 3.63) is 73.5 Å². The van der Waals surface area contributed by atoms with Crippen molar-refractivity contribution in [2.75, 3.05) is 0 Å². The number of nitrogens with zero attached hydrogens (tertiary/aromatic N) is 3. The van der Waals surface area contributed by atoms with Crippen molar-refractivity contribution < 1.29 is 14.1 Å². The molecule has 0 bridgehead atoms. The molecule has 1 atom stereocenters. The van der Waals surface area contributed by atoms with Crippen LogP contribution in [0.15, 0.2) is 33.6 Å². The first-order valence-corrected chi connectivity index (χ1v) is 11.9. The van der Waals surface area contributed by atoms with Gasteiger partial charge in [-0.1, -0.05) is 5.16 Å². The molecule has 0 radical (unpaired) electrons. The number of Topliss-reactive ketones (excluding diaryl/α,β-unsaturated/α-hetero) is 1. The molecule has 5 rings (SSSR count). The Hall–Kier alpha value is -3.77. The number of rotatable bonds is 6. The fourth-order valence-electron chi connectivity index (χ4n) is 4.31. The molecule has 0 aliphatic heterocycles. The number of ether oxygens (including phenoxy) is 1. The summed E-state index contributed by atoms with van der Waals surface area (Å²) in [6.07, 6.45) is 3.96. The number of aromatic nitrogens is 3. The van der Waals surface area contributed by atoms with Gasteiger partial charge in [0.25, 0.3) is 5.56 Å². The number of carbonyl (C=O) groups excluding carboxylic acids is 1. The molecule has 3 aromatic heterocycles. The minimum absolute atomic E-state index is 0.0855. The Labute approximate surface area is 199 Å². The molecular weight excluding hydrogens is 452 g/mol. The molecule has 0 spiro atoms. The number of hydrogen-bond acceptors (Lipinski definition) is 8. The van der Waals surface area contributed by atoms with Crippen LogP contribution in [0.4, 0.5) is 0 Å². The van der Waals surface area contributed by atoms with E-state index in [0.29, 0.717) is 33.9 Å². The van der Waals surface area contributed by atoms with Gasteiger partial charge in [0.2, 0.25) is 0 Å². The zero-order valence-corrected chi connectivity index (χ0v) is 19.6. The summed E-state index contributed by atoms with van der Waals surface area (Å²) in [4.78, 5) is 35.0. The van der Waals surface area contributed by atoms with E-state index >= 15 is 0 Å². The molecular formula is C25H22N4O4S. The zero-order chi connectivity index (χ0) is 23.8. The van der Waals surface area contributed by atoms with Gasteiger partial charge in [-0.25, -0.2) is 4.98 Å². The highest BCUT2D eigenvalue weighted by molar-refractivity contribution is 7.18. The number of nitriles is 1. The summed E-state index contributed by atoms with van der Waals surface area (Å²) in [5, 5.41) is 14.3. The number of aryl methyl sites for hydroxylation is 4. The van der Waals surface area contributed by atoms with Crippen LogP contribution in [-0.2, 0) is 19.4 Å². The normalized spacial score (nSPS) is 13.9. The van der Waals surface area contributed by atoms with Gasteiger partial charge >= 0.3 is 0 Å². The molecule has 0 saturated carbocycles. The zero-order valence-electron chi connectivity index (χ0n) is 18.8. The van der Waals surface area contributed by atoms with E-state index in [0.717, 1.165) is 42.5 Å². The number of H-pyrrole nitrogens is 1. The van der Waals surface area contributed by atoms with E-state index < -0.39 is 11.7 Å². The van der Waals surface area contributed by atoms with E-state index in [2.05, 4.69) is 15.1 Å². The Morgan fingerprint density at radius 1 is 1.26 bits per heavy atom. The minimum Gasteiger partial charge on any atom is -0.489 e. The molecule has 1 aliphatic carbocycles. The predicted molar refractivity (Wildman–Crippen MR) is 126 cm³/mol. The summed E-state index contributed by atoms with van der Waals surface area (Å²) in [6.45, 7) is 3.97. The van der Waals surface area contributed by atoms with Gasteiger partial charge in [-0.15, -0.1) is 11.3 Å². The highest BCUT2D eigenvalue weighted by atomic mass is 32.1. The van der Waals surface area contributed by atoms with Crippen LogP contribution in [0.2, 0.25) is 0 Å². The topological polar surface area (TPSA) is 122 Å². The van der Waals surface area contributed by atoms with Crippen molar-refractivity contribution in [2.45, 2.75) is 52.1 Å². The molecule has 1 aliphatic rings. The number of benzene rings is 1. The van der Waals surface area contributed by atoms with Crippen LogP contribution in [0.5, 0.6) is 5.75 Å². The Bertz CT molecular complexity index is 1470. The number of hydrogen-bond donors (Lipinski definition) is 1. The van der Waals surface area contributed by atoms with Crippen LogP contribution in [-0.4, -0.2) is 20.9 Å². The third-order valence-corrected chi connectivity index (χ3v) is 7.40. The Balaban J connectivity index is 1.37. The van der Waals surface area contributed by atoms with Gasteiger partial charge in [0.15, 0.2) is 11.7 Å². The van der Waals surface area contributed by atoms with Crippen LogP contribution >= 0.6 is 11.3 Å². The number of nitrogens with one attached hydrogen (secondary N) is 1. The fraction of sp³-hybridized carbons (Fsp3) is 0.320. The maximum absolute atomic E-state index is 13.1. The van der Waals surface area contributed by atoms with Gasteiger partial charge in [0, 0.05) is 10.4 Å². The number of ketones is 1. The molecule has 0 saturated heterocycles. The highest BCUT2D eigenvalue weighted by Crippen LogP contribution is 2.34. The third-order valence-electron chi connectivity index (χ3n) is 6.21. The maximum atomic E-state index is 13.1. The van der Waals surface area contributed by atoms with Crippen LogP contribution in [0.3, 0.4) is 0 Å². The first-order chi connectivity index (χ1) is 16.5.